The molecule has 0 aliphatic rings. The quantitative estimate of drug-likeness (QED) is 0.564. The number of carbonyl (C=O) groups is 3. The van der Waals surface area contributed by atoms with Crippen molar-refractivity contribution < 1.29 is 32.3 Å². The van der Waals surface area contributed by atoms with Crippen molar-refractivity contribution >= 4 is 44.0 Å². The molecule has 0 bridgehead atoms. The number of sulfone groups is 1. The monoisotopic (exact) mass is 433 g/mol. The normalized spacial score (nSPS) is 11.4. The first-order valence-corrected chi connectivity index (χ1v) is 11.8. The molecule has 10 heteroatoms. The van der Waals surface area contributed by atoms with Crippen molar-refractivity contribution in [2.45, 2.75) is 40.5 Å². The van der Waals surface area contributed by atoms with Crippen LogP contribution in [0.2, 0.25) is 0 Å². The lowest BCUT2D eigenvalue weighted by Gasteiger charge is -2.07. The van der Waals surface area contributed by atoms with E-state index in [1.807, 2.05) is 13.8 Å². The predicted octanol–water partition coefficient (Wildman–Crippen LogP) is 2.81. The van der Waals surface area contributed by atoms with E-state index in [9.17, 15) is 22.8 Å². The van der Waals surface area contributed by atoms with Crippen molar-refractivity contribution in [1.82, 2.24) is 0 Å². The maximum Gasteiger partial charge on any atom is 0.348 e. The predicted molar refractivity (Wildman–Crippen MR) is 108 cm³/mol. The highest BCUT2D eigenvalue weighted by Gasteiger charge is 2.27. The highest BCUT2D eigenvalue weighted by Crippen LogP contribution is 2.34. The zero-order valence-electron chi connectivity index (χ0n) is 16.8. The van der Waals surface area contributed by atoms with Crippen molar-refractivity contribution in [3.05, 3.63) is 16.0 Å². The number of hydrogen-bond acceptors (Lipinski definition) is 8. The minimum Gasteiger partial charge on any atom is -0.462 e. The second-order valence-corrected chi connectivity index (χ2v) is 10.0. The Morgan fingerprint density at radius 1 is 1.14 bits per heavy atom. The largest absolute Gasteiger partial charge is 0.462 e. The molecule has 0 fully saturated rings. The molecule has 1 aromatic rings. The van der Waals surface area contributed by atoms with E-state index in [-0.39, 0.29) is 53.2 Å². The van der Waals surface area contributed by atoms with Crippen molar-refractivity contribution in [1.29, 1.82) is 0 Å². The van der Waals surface area contributed by atoms with Gasteiger partial charge in [0.15, 0.2) is 0 Å². The number of rotatable bonds is 10. The molecule has 1 aromatic heterocycles. The first-order valence-electron chi connectivity index (χ1n) is 8.91. The van der Waals surface area contributed by atoms with Gasteiger partial charge in [-0.1, -0.05) is 13.8 Å². The third-order valence-electron chi connectivity index (χ3n) is 3.53. The van der Waals surface area contributed by atoms with E-state index in [0.29, 0.717) is 5.56 Å². The average molecular weight is 434 g/mol. The van der Waals surface area contributed by atoms with Crippen LogP contribution < -0.4 is 5.32 Å². The molecule has 1 rings (SSSR count). The number of ether oxygens (including phenoxy) is 2. The Hall–Kier alpha value is -1.94. The summed E-state index contributed by atoms with van der Waals surface area (Å²) in [5.41, 5.74) is 0.489. The highest BCUT2D eigenvalue weighted by molar-refractivity contribution is 7.90. The van der Waals surface area contributed by atoms with Crippen LogP contribution in [0.1, 0.15) is 59.2 Å². The molecule has 1 N–H and O–H groups in total. The van der Waals surface area contributed by atoms with Crippen molar-refractivity contribution in [3.8, 4) is 0 Å². The fourth-order valence-electron chi connectivity index (χ4n) is 2.24. The molecule has 158 valence electrons. The second kappa shape index (κ2) is 10.6. The Bertz CT molecular complexity index is 825. The average Bonchev–Trinajstić information content (AvgIpc) is 2.87. The van der Waals surface area contributed by atoms with Crippen LogP contribution in [0.4, 0.5) is 5.00 Å². The summed E-state index contributed by atoms with van der Waals surface area (Å²) >= 11 is 0.942. The molecule has 0 radical (unpaired) electrons. The number of thiophene rings is 1. The summed E-state index contributed by atoms with van der Waals surface area (Å²) in [4.78, 5) is 37.0. The van der Waals surface area contributed by atoms with Crippen LogP contribution in [-0.2, 0) is 24.1 Å². The maximum absolute atomic E-state index is 12.3. The van der Waals surface area contributed by atoms with Crippen LogP contribution in [0.25, 0.3) is 0 Å². The van der Waals surface area contributed by atoms with Gasteiger partial charge in [0.05, 0.1) is 24.5 Å². The zero-order chi connectivity index (χ0) is 21.5. The zero-order valence-corrected chi connectivity index (χ0v) is 18.4. The van der Waals surface area contributed by atoms with Crippen molar-refractivity contribution in [2.24, 2.45) is 5.92 Å². The first kappa shape index (κ1) is 24.1. The molecule has 0 aromatic carbocycles. The SMILES string of the molecule is CCOC(=O)c1c(NC(=O)CCCS(C)(=O)=O)sc(C(=O)OCC(C)C)c1C. The summed E-state index contributed by atoms with van der Waals surface area (Å²) in [5, 5.41) is 2.78. The summed E-state index contributed by atoms with van der Waals surface area (Å²) < 4.78 is 32.6. The summed E-state index contributed by atoms with van der Waals surface area (Å²) in [5.74, 6) is -1.62. The second-order valence-electron chi connectivity index (χ2n) is 6.75. The van der Waals surface area contributed by atoms with Gasteiger partial charge in [0.25, 0.3) is 0 Å². The van der Waals surface area contributed by atoms with Crippen LogP contribution in [0, 0.1) is 12.8 Å². The van der Waals surface area contributed by atoms with Gasteiger partial charge in [0.2, 0.25) is 5.91 Å². The van der Waals surface area contributed by atoms with Crippen LogP contribution in [0.15, 0.2) is 0 Å². The molecule has 0 saturated heterocycles. The molecule has 1 heterocycles. The maximum atomic E-state index is 12.3. The van der Waals surface area contributed by atoms with E-state index in [1.165, 1.54) is 0 Å². The summed E-state index contributed by atoms with van der Waals surface area (Å²) in [6, 6.07) is 0. The Morgan fingerprint density at radius 3 is 2.32 bits per heavy atom. The van der Waals surface area contributed by atoms with Gasteiger partial charge >= 0.3 is 11.9 Å². The summed E-state index contributed by atoms with van der Waals surface area (Å²) in [7, 11) is -3.16. The molecule has 0 spiro atoms. The van der Waals surface area contributed by atoms with Gasteiger partial charge in [-0.3, -0.25) is 4.79 Å². The summed E-state index contributed by atoms with van der Waals surface area (Å²) in [6.07, 6.45) is 1.23. The smallest absolute Gasteiger partial charge is 0.348 e. The van der Waals surface area contributed by atoms with Crippen LogP contribution in [0.3, 0.4) is 0 Å². The van der Waals surface area contributed by atoms with Crippen molar-refractivity contribution in [3.63, 3.8) is 0 Å². The number of anilines is 1. The Morgan fingerprint density at radius 2 is 1.79 bits per heavy atom. The number of esters is 2. The number of amides is 1. The molecular formula is C18H27NO7S2. The third kappa shape index (κ3) is 7.59. The number of carbonyl (C=O) groups excluding carboxylic acids is 3. The molecule has 8 nitrogen and oxygen atoms in total. The van der Waals surface area contributed by atoms with E-state index in [4.69, 9.17) is 9.47 Å². The lowest BCUT2D eigenvalue weighted by Crippen LogP contribution is -2.16. The number of nitrogens with one attached hydrogen (secondary N) is 1. The van der Waals surface area contributed by atoms with Gasteiger partial charge in [0, 0.05) is 12.7 Å². The highest BCUT2D eigenvalue weighted by atomic mass is 32.2. The van der Waals surface area contributed by atoms with Gasteiger partial charge in [0.1, 0.15) is 19.7 Å². The molecular weight excluding hydrogens is 406 g/mol. The van der Waals surface area contributed by atoms with E-state index in [1.54, 1.807) is 13.8 Å². The van der Waals surface area contributed by atoms with E-state index in [0.717, 1.165) is 17.6 Å². The molecule has 0 unspecified atom stereocenters. The first-order chi connectivity index (χ1) is 13.0. The van der Waals surface area contributed by atoms with Crippen molar-refractivity contribution in [2.75, 3.05) is 30.5 Å². The fourth-order valence-corrected chi connectivity index (χ4v) is 4.01. The minimum atomic E-state index is -3.16. The Kier molecular flexibility index (Phi) is 9.09. The van der Waals surface area contributed by atoms with E-state index < -0.39 is 27.7 Å². The van der Waals surface area contributed by atoms with Gasteiger partial charge in [-0.25, -0.2) is 18.0 Å². The van der Waals surface area contributed by atoms with Crippen LogP contribution in [0.5, 0.6) is 0 Å². The lowest BCUT2D eigenvalue weighted by atomic mass is 10.1. The Balaban J connectivity index is 3.04. The lowest BCUT2D eigenvalue weighted by molar-refractivity contribution is -0.116. The molecule has 1 amide bonds. The fraction of sp³-hybridized carbons (Fsp3) is 0.611. The van der Waals surface area contributed by atoms with Gasteiger partial charge in [-0.2, -0.15) is 0 Å². The number of hydrogen-bond donors (Lipinski definition) is 1. The van der Waals surface area contributed by atoms with Gasteiger partial charge in [-0.15, -0.1) is 11.3 Å². The topological polar surface area (TPSA) is 116 Å². The standard InChI is InChI=1S/C18H27NO7S2/c1-6-25-17(21)14-12(4)15(18(22)26-10-11(2)3)27-16(14)19-13(20)8-7-9-28(5,23)24/h11H,6-10H2,1-5H3,(H,19,20). The van der Waals surface area contributed by atoms with Gasteiger partial charge in [-0.05, 0) is 31.7 Å². The molecule has 0 saturated carbocycles. The van der Waals surface area contributed by atoms with Crippen LogP contribution >= 0.6 is 11.3 Å². The van der Waals surface area contributed by atoms with E-state index in [2.05, 4.69) is 5.32 Å². The summed E-state index contributed by atoms with van der Waals surface area (Å²) in [6.45, 7) is 7.43. The van der Waals surface area contributed by atoms with Crippen LogP contribution in [-0.4, -0.2) is 51.5 Å². The molecule has 0 aliphatic heterocycles. The minimum absolute atomic E-state index is 0.0284. The van der Waals surface area contributed by atoms with E-state index >= 15 is 0 Å². The molecule has 0 atom stereocenters. The molecule has 28 heavy (non-hydrogen) atoms. The Labute approximate surface area is 169 Å². The molecule has 0 aliphatic carbocycles. The van der Waals surface area contributed by atoms with Gasteiger partial charge < -0.3 is 14.8 Å². The third-order valence-corrected chi connectivity index (χ3v) is 5.75.